The molecule has 0 spiro atoms. The number of hydrogen-bond acceptors (Lipinski definition) is 4. The maximum absolute atomic E-state index is 14.6. The Hall–Kier alpha value is -3.98. The Labute approximate surface area is 198 Å². The molecule has 0 aliphatic rings. The maximum Gasteiger partial charge on any atom is 0.323 e. The van der Waals surface area contributed by atoms with E-state index in [1.165, 1.54) is 30.5 Å². The number of halogens is 3. The lowest BCUT2D eigenvalue weighted by molar-refractivity contribution is 0.262. The molecule has 7 nitrogen and oxygen atoms in total. The largest absolute Gasteiger partial charge is 0.384 e. The van der Waals surface area contributed by atoms with Gasteiger partial charge >= 0.3 is 6.03 Å². The van der Waals surface area contributed by atoms with E-state index in [2.05, 4.69) is 15.6 Å². The summed E-state index contributed by atoms with van der Waals surface area (Å²) in [6.45, 7) is 3.69. The van der Waals surface area contributed by atoms with Gasteiger partial charge in [-0.05, 0) is 50.2 Å². The number of rotatable bonds is 4. The van der Waals surface area contributed by atoms with Crippen molar-refractivity contribution in [3.63, 3.8) is 0 Å². The molecule has 10 heteroatoms. The number of nitrogens with zero attached hydrogens (tertiary/aromatic N) is 2. The maximum atomic E-state index is 14.6. The van der Waals surface area contributed by atoms with Gasteiger partial charge in [0.25, 0.3) is 5.56 Å². The van der Waals surface area contributed by atoms with E-state index in [4.69, 9.17) is 17.3 Å². The summed E-state index contributed by atoms with van der Waals surface area (Å²) in [5, 5.41) is 5.42. The van der Waals surface area contributed by atoms with Gasteiger partial charge in [0.2, 0.25) is 0 Å². The predicted molar refractivity (Wildman–Crippen MR) is 130 cm³/mol. The smallest absolute Gasteiger partial charge is 0.323 e. The van der Waals surface area contributed by atoms with Gasteiger partial charge in [0.15, 0.2) is 0 Å². The first-order valence-electron chi connectivity index (χ1n) is 10.3. The second-order valence-corrected chi connectivity index (χ2v) is 8.30. The standard InChI is InChI=1S/C24H20ClF2N5O2/c1-12(2)32-21-10-22(28)29-11-13(21)6-17(23(32)33)16-8-20(19(27)9-18(16)25)31-24(34)30-15-5-3-4-14(26)7-15/h3-12H,1-2H3,(H2,28,29)(H2,30,31,34). The summed E-state index contributed by atoms with van der Waals surface area (Å²) in [5.74, 6) is -1.07. The molecular formula is C24H20ClF2N5O2. The van der Waals surface area contributed by atoms with Crippen LogP contribution in [-0.2, 0) is 0 Å². The zero-order valence-corrected chi connectivity index (χ0v) is 19.0. The minimum Gasteiger partial charge on any atom is -0.384 e. The number of urea groups is 1. The molecule has 0 fully saturated rings. The molecule has 4 aromatic rings. The van der Waals surface area contributed by atoms with E-state index < -0.39 is 17.7 Å². The zero-order valence-electron chi connectivity index (χ0n) is 18.2. The molecule has 0 atom stereocenters. The van der Waals surface area contributed by atoms with Crippen LogP contribution in [0.2, 0.25) is 5.02 Å². The summed E-state index contributed by atoms with van der Waals surface area (Å²) in [7, 11) is 0. The lowest BCUT2D eigenvalue weighted by atomic mass is 10.0. The van der Waals surface area contributed by atoms with Crippen molar-refractivity contribution in [3.05, 3.63) is 81.7 Å². The lowest BCUT2D eigenvalue weighted by Crippen LogP contribution is -2.24. The third-order valence-electron chi connectivity index (χ3n) is 5.14. The van der Waals surface area contributed by atoms with Crippen molar-refractivity contribution < 1.29 is 13.6 Å². The third-order valence-corrected chi connectivity index (χ3v) is 5.45. The van der Waals surface area contributed by atoms with Gasteiger partial charge < -0.3 is 20.9 Å². The van der Waals surface area contributed by atoms with E-state index >= 15 is 0 Å². The van der Waals surface area contributed by atoms with Gasteiger partial charge in [0.1, 0.15) is 17.5 Å². The number of benzene rings is 2. The van der Waals surface area contributed by atoms with E-state index in [0.717, 1.165) is 12.1 Å². The number of pyridine rings is 2. The number of carbonyl (C=O) groups excluding carboxylic acids is 1. The molecule has 0 saturated carbocycles. The van der Waals surface area contributed by atoms with Crippen molar-refractivity contribution in [2.24, 2.45) is 0 Å². The Balaban J connectivity index is 1.78. The minimum absolute atomic E-state index is 0.0104. The Morgan fingerprint density at radius 2 is 1.85 bits per heavy atom. The summed E-state index contributed by atoms with van der Waals surface area (Å²) in [6.07, 6.45) is 1.54. The average molecular weight is 484 g/mol. The van der Waals surface area contributed by atoms with Gasteiger partial charge in [-0.15, -0.1) is 0 Å². The average Bonchev–Trinajstić information content (AvgIpc) is 2.75. The van der Waals surface area contributed by atoms with Gasteiger partial charge in [0, 0.05) is 40.5 Å². The number of amides is 2. The summed E-state index contributed by atoms with van der Waals surface area (Å²) in [4.78, 5) is 29.8. The zero-order chi connectivity index (χ0) is 24.6. The van der Waals surface area contributed by atoms with Crippen LogP contribution in [0.15, 0.2) is 59.5 Å². The van der Waals surface area contributed by atoms with Crippen molar-refractivity contribution in [3.8, 4) is 11.1 Å². The van der Waals surface area contributed by atoms with Crippen molar-refractivity contribution >= 4 is 45.7 Å². The second kappa shape index (κ2) is 9.11. The fourth-order valence-corrected chi connectivity index (χ4v) is 3.91. The first kappa shape index (κ1) is 23.2. The Morgan fingerprint density at radius 3 is 2.56 bits per heavy atom. The highest BCUT2D eigenvalue weighted by atomic mass is 35.5. The van der Waals surface area contributed by atoms with E-state index in [-0.39, 0.29) is 44.9 Å². The first-order chi connectivity index (χ1) is 16.1. The summed E-state index contributed by atoms with van der Waals surface area (Å²) < 4.78 is 29.5. The number of hydrogen-bond donors (Lipinski definition) is 3. The monoisotopic (exact) mass is 483 g/mol. The van der Waals surface area contributed by atoms with Gasteiger partial charge in [-0.25, -0.2) is 18.6 Å². The van der Waals surface area contributed by atoms with E-state index in [0.29, 0.717) is 10.9 Å². The van der Waals surface area contributed by atoms with Crippen LogP contribution in [0.25, 0.3) is 22.0 Å². The Kier molecular flexibility index (Phi) is 6.21. The number of nitrogens with one attached hydrogen (secondary N) is 2. The van der Waals surface area contributed by atoms with Crippen LogP contribution >= 0.6 is 11.6 Å². The number of carbonyl (C=O) groups is 1. The molecule has 0 aliphatic carbocycles. The van der Waals surface area contributed by atoms with Gasteiger partial charge in [0.05, 0.1) is 16.2 Å². The fraction of sp³-hybridized carbons (Fsp3) is 0.125. The number of anilines is 3. The van der Waals surface area contributed by atoms with Gasteiger partial charge in [-0.2, -0.15) is 0 Å². The molecule has 2 aromatic carbocycles. The van der Waals surface area contributed by atoms with E-state index in [1.54, 1.807) is 16.7 Å². The highest BCUT2D eigenvalue weighted by Gasteiger charge is 2.19. The highest BCUT2D eigenvalue weighted by Crippen LogP contribution is 2.33. The normalized spacial score (nSPS) is 11.1. The lowest BCUT2D eigenvalue weighted by Gasteiger charge is -2.17. The van der Waals surface area contributed by atoms with Crippen LogP contribution in [0, 0.1) is 11.6 Å². The predicted octanol–water partition coefficient (Wildman–Crippen LogP) is 5.80. The number of fused-ring (bicyclic) bond motifs is 1. The summed E-state index contributed by atoms with van der Waals surface area (Å²) in [5.41, 5.74) is 6.45. The first-order valence-corrected chi connectivity index (χ1v) is 10.7. The van der Waals surface area contributed by atoms with Crippen molar-refractivity contribution in [1.82, 2.24) is 9.55 Å². The van der Waals surface area contributed by atoms with Crippen LogP contribution in [0.4, 0.5) is 30.8 Å². The van der Waals surface area contributed by atoms with Gasteiger partial charge in [-0.1, -0.05) is 17.7 Å². The number of nitrogen functional groups attached to an aromatic ring is 1. The SMILES string of the molecule is CC(C)n1c(=O)c(-c2cc(NC(=O)Nc3cccc(F)c3)c(F)cc2Cl)cc2cnc(N)cc21. The molecule has 0 unspecified atom stereocenters. The van der Waals surface area contributed by atoms with Gasteiger partial charge in [-0.3, -0.25) is 4.79 Å². The molecular weight excluding hydrogens is 464 g/mol. The number of aromatic nitrogens is 2. The fourth-order valence-electron chi connectivity index (χ4n) is 3.65. The molecule has 4 N–H and O–H groups in total. The highest BCUT2D eigenvalue weighted by molar-refractivity contribution is 6.33. The molecule has 0 bridgehead atoms. The van der Waals surface area contributed by atoms with Crippen LogP contribution in [0.5, 0.6) is 0 Å². The quantitative estimate of drug-likeness (QED) is 0.341. The molecule has 2 aromatic heterocycles. The molecule has 0 saturated heterocycles. The third kappa shape index (κ3) is 4.55. The number of nitrogens with two attached hydrogens (primary N) is 1. The van der Waals surface area contributed by atoms with Crippen molar-refractivity contribution in [2.75, 3.05) is 16.4 Å². The summed E-state index contributed by atoms with van der Waals surface area (Å²) in [6, 6.07) is 9.74. The molecule has 34 heavy (non-hydrogen) atoms. The molecule has 174 valence electrons. The van der Waals surface area contributed by atoms with Crippen molar-refractivity contribution in [1.29, 1.82) is 0 Å². The minimum atomic E-state index is -0.803. The van der Waals surface area contributed by atoms with E-state index in [9.17, 15) is 18.4 Å². The molecule has 2 amide bonds. The molecule has 0 radical (unpaired) electrons. The Morgan fingerprint density at radius 1 is 1.09 bits per heavy atom. The summed E-state index contributed by atoms with van der Waals surface area (Å²) >= 11 is 6.31. The van der Waals surface area contributed by atoms with Crippen LogP contribution < -0.4 is 21.9 Å². The van der Waals surface area contributed by atoms with Crippen LogP contribution in [-0.4, -0.2) is 15.6 Å². The molecule has 2 heterocycles. The Bertz CT molecular complexity index is 1490. The second-order valence-electron chi connectivity index (χ2n) is 7.90. The van der Waals surface area contributed by atoms with E-state index in [1.807, 2.05) is 13.8 Å². The van der Waals surface area contributed by atoms with Crippen molar-refractivity contribution in [2.45, 2.75) is 19.9 Å². The van der Waals surface area contributed by atoms with Crippen LogP contribution in [0.3, 0.4) is 0 Å². The topological polar surface area (TPSA) is 102 Å². The molecule has 4 rings (SSSR count). The van der Waals surface area contributed by atoms with Crippen LogP contribution in [0.1, 0.15) is 19.9 Å². The molecule has 0 aliphatic heterocycles.